The molecule has 138 valence electrons. The van der Waals surface area contributed by atoms with Crippen LogP contribution >= 0.6 is 0 Å². The molecule has 5 heteroatoms. The summed E-state index contributed by atoms with van der Waals surface area (Å²) in [6, 6.07) is 19.5. The van der Waals surface area contributed by atoms with Gasteiger partial charge in [0.25, 0.3) is 0 Å². The molecule has 1 unspecified atom stereocenters. The van der Waals surface area contributed by atoms with Crippen molar-refractivity contribution in [3.63, 3.8) is 0 Å². The number of hydrogen-bond acceptors (Lipinski definition) is 2. The number of aryl methyl sites for hydroxylation is 1. The molecule has 0 spiro atoms. The van der Waals surface area contributed by atoms with Crippen molar-refractivity contribution in [2.75, 3.05) is 19.0 Å². The molecule has 0 saturated heterocycles. The van der Waals surface area contributed by atoms with E-state index in [4.69, 9.17) is 4.74 Å². The molecule has 0 radical (unpaired) electrons. The van der Waals surface area contributed by atoms with Gasteiger partial charge in [-0.1, -0.05) is 30.3 Å². The Kier molecular flexibility index (Phi) is 4.59. The third-order valence-electron chi connectivity index (χ3n) is 5.00. The first-order valence-corrected chi connectivity index (χ1v) is 9.09. The summed E-state index contributed by atoms with van der Waals surface area (Å²) in [5, 5.41) is 3.05. The summed E-state index contributed by atoms with van der Waals surface area (Å²) < 4.78 is 7.79. The third kappa shape index (κ3) is 3.28. The molecule has 0 fully saturated rings. The number of aromatic nitrogens is 1. The van der Waals surface area contributed by atoms with E-state index in [0.717, 1.165) is 34.8 Å². The molecule has 0 saturated carbocycles. The first kappa shape index (κ1) is 17.2. The molecule has 1 atom stereocenters. The van der Waals surface area contributed by atoms with Crippen molar-refractivity contribution in [2.45, 2.75) is 19.5 Å². The average molecular weight is 361 g/mol. The standard InChI is InChI=1S/C22H23N3O2/c1-16-7-5-8-17(15-16)23-22(26)25-14-13-24-12-6-10-19(24)21(25)18-9-3-4-11-20(18)27-2/h3-12,15,21H,13-14H2,1-2H3,(H,23,26). The molecule has 1 aromatic heterocycles. The molecule has 0 bridgehead atoms. The minimum absolute atomic E-state index is 0.107. The highest BCUT2D eigenvalue weighted by Crippen LogP contribution is 2.37. The van der Waals surface area contributed by atoms with E-state index in [1.54, 1.807) is 7.11 Å². The van der Waals surface area contributed by atoms with E-state index < -0.39 is 0 Å². The number of ether oxygens (including phenoxy) is 1. The minimum Gasteiger partial charge on any atom is -0.496 e. The van der Waals surface area contributed by atoms with Gasteiger partial charge in [0.15, 0.2) is 0 Å². The average Bonchev–Trinajstić information content (AvgIpc) is 3.16. The van der Waals surface area contributed by atoms with Crippen LogP contribution in [0.4, 0.5) is 10.5 Å². The first-order valence-electron chi connectivity index (χ1n) is 9.09. The SMILES string of the molecule is COc1ccccc1C1c2cccn2CCN1C(=O)Nc1cccc(C)c1. The van der Waals surface area contributed by atoms with E-state index in [1.165, 1.54) is 0 Å². The zero-order valence-electron chi connectivity index (χ0n) is 15.6. The number of carbonyl (C=O) groups is 1. The summed E-state index contributed by atoms with van der Waals surface area (Å²) in [5.41, 5.74) is 3.99. The normalized spacial score (nSPS) is 15.9. The van der Waals surface area contributed by atoms with Crippen LogP contribution < -0.4 is 10.1 Å². The molecule has 3 aromatic rings. The summed E-state index contributed by atoms with van der Waals surface area (Å²) in [4.78, 5) is 15.0. The van der Waals surface area contributed by atoms with Gasteiger partial charge < -0.3 is 19.5 Å². The van der Waals surface area contributed by atoms with Gasteiger partial charge in [0.05, 0.1) is 7.11 Å². The van der Waals surface area contributed by atoms with E-state index in [2.05, 4.69) is 22.1 Å². The lowest BCUT2D eigenvalue weighted by atomic mass is 9.99. The van der Waals surface area contributed by atoms with E-state index in [-0.39, 0.29) is 12.1 Å². The van der Waals surface area contributed by atoms with Gasteiger partial charge in [-0.2, -0.15) is 0 Å². The second-order valence-corrected chi connectivity index (χ2v) is 6.76. The number of hydrogen-bond donors (Lipinski definition) is 1. The number of rotatable bonds is 3. The van der Waals surface area contributed by atoms with Gasteiger partial charge in [-0.25, -0.2) is 4.79 Å². The van der Waals surface area contributed by atoms with Crippen molar-refractivity contribution < 1.29 is 9.53 Å². The van der Waals surface area contributed by atoms with Crippen molar-refractivity contribution in [1.29, 1.82) is 0 Å². The van der Waals surface area contributed by atoms with Crippen molar-refractivity contribution in [3.8, 4) is 5.75 Å². The number of nitrogens with one attached hydrogen (secondary N) is 1. The van der Waals surface area contributed by atoms with Crippen LogP contribution in [0.5, 0.6) is 5.75 Å². The molecule has 5 nitrogen and oxygen atoms in total. The lowest BCUT2D eigenvalue weighted by molar-refractivity contribution is 0.180. The predicted molar refractivity (Wildman–Crippen MR) is 106 cm³/mol. The largest absolute Gasteiger partial charge is 0.496 e. The highest BCUT2D eigenvalue weighted by Gasteiger charge is 2.33. The maximum absolute atomic E-state index is 13.2. The van der Waals surface area contributed by atoms with Crippen LogP contribution in [0.1, 0.15) is 22.9 Å². The molecule has 2 aromatic carbocycles. The Labute approximate surface area is 159 Å². The summed E-state index contributed by atoms with van der Waals surface area (Å²) in [5.74, 6) is 0.783. The van der Waals surface area contributed by atoms with Gasteiger partial charge in [0.1, 0.15) is 11.8 Å². The highest BCUT2D eigenvalue weighted by atomic mass is 16.5. The van der Waals surface area contributed by atoms with Crippen LogP contribution in [0.25, 0.3) is 0 Å². The number of nitrogens with zero attached hydrogens (tertiary/aromatic N) is 2. The molecule has 1 aliphatic heterocycles. The van der Waals surface area contributed by atoms with Gasteiger partial charge in [0, 0.05) is 36.2 Å². The third-order valence-corrected chi connectivity index (χ3v) is 5.00. The van der Waals surface area contributed by atoms with Gasteiger partial charge in [-0.3, -0.25) is 0 Å². The molecule has 4 rings (SSSR count). The number of fused-ring (bicyclic) bond motifs is 1. The Morgan fingerprint density at radius 1 is 1.07 bits per heavy atom. The minimum atomic E-state index is -0.199. The van der Waals surface area contributed by atoms with Gasteiger partial charge in [-0.05, 0) is 42.8 Å². The van der Waals surface area contributed by atoms with Crippen LogP contribution in [-0.2, 0) is 6.54 Å². The van der Waals surface area contributed by atoms with Crippen LogP contribution in [0, 0.1) is 6.92 Å². The Bertz CT molecular complexity index is 963. The predicted octanol–water partition coefficient (Wildman–Crippen LogP) is 4.44. The zero-order valence-corrected chi connectivity index (χ0v) is 15.6. The fourth-order valence-corrected chi connectivity index (χ4v) is 3.74. The van der Waals surface area contributed by atoms with Gasteiger partial charge in [-0.15, -0.1) is 0 Å². The maximum Gasteiger partial charge on any atom is 0.322 e. The van der Waals surface area contributed by atoms with Crippen LogP contribution in [0.2, 0.25) is 0 Å². The monoisotopic (exact) mass is 361 g/mol. The summed E-state index contributed by atoms with van der Waals surface area (Å²) in [6.07, 6.45) is 2.06. The quantitative estimate of drug-likeness (QED) is 0.749. The highest BCUT2D eigenvalue weighted by molar-refractivity contribution is 5.90. The maximum atomic E-state index is 13.2. The fraction of sp³-hybridized carbons (Fsp3) is 0.227. The van der Waals surface area contributed by atoms with Gasteiger partial charge in [0.2, 0.25) is 0 Å². The van der Waals surface area contributed by atoms with Crippen molar-refractivity contribution in [2.24, 2.45) is 0 Å². The molecule has 2 amide bonds. The number of carbonyl (C=O) groups excluding carboxylic acids is 1. The number of para-hydroxylation sites is 1. The molecular formula is C22H23N3O2. The van der Waals surface area contributed by atoms with Crippen LogP contribution in [-0.4, -0.2) is 29.2 Å². The Hall–Kier alpha value is -3.21. The van der Waals surface area contributed by atoms with E-state index >= 15 is 0 Å². The Morgan fingerprint density at radius 2 is 1.93 bits per heavy atom. The molecule has 0 aliphatic carbocycles. The summed E-state index contributed by atoms with van der Waals surface area (Å²) in [6.45, 7) is 3.42. The van der Waals surface area contributed by atoms with Crippen LogP contribution in [0.3, 0.4) is 0 Å². The second kappa shape index (κ2) is 7.19. The first-order chi connectivity index (χ1) is 13.2. The Morgan fingerprint density at radius 3 is 2.74 bits per heavy atom. The second-order valence-electron chi connectivity index (χ2n) is 6.76. The molecule has 2 heterocycles. The Balaban J connectivity index is 1.71. The fourth-order valence-electron chi connectivity index (χ4n) is 3.74. The van der Waals surface area contributed by atoms with Crippen molar-refractivity contribution in [1.82, 2.24) is 9.47 Å². The van der Waals surface area contributed by atoms with Gasteiger partial charge >= 0.3 is 6.03 Å². The molecule has 27 heavy (non-hydrogen) atoms. The number of anilines is 1. The number of amides is 2. The number of methoxy groups -OCH3 is 1. The molecular weight excluding hydrogens is 338 g/mol. The summed E-state index contributed by atoms with van der Waals surface area (Å²) >= 11 is 0. The van der Waals surface area contributed by atoms with Crippen molar-refractivity contribution >= 4 is 11.7 Å². The van der Waals surface area contributed by atoms with Crippen molar-refractivity contribution in [3.05, 3.63) is 83.7 Å². The van der Waals surface area contributed by atoms with Crippen LogP contribution in [0.15, 0.2) is 66.9 Å². The lowest BCUT2D eigenvalue weighted by Crippen LogP contribution is -2.44. The topological polar surface area (TPSA) is 46.5 Å². The van der Waals surface area contributed by atoms with E-state index in [9.17, 15) is 4.79 Å². The summed E-state index contributed by atoms with van der Waals surface area (Å²) in [7, 11) is 1.66. The molecule has 1 N–H and O–H groups in total. The zero-order chi connectivity index (χ0) is 18.8. The molecule has 1 aliphatic rings. The van der Waals surface area contributed by atoms with E-state index in [1.807, 2.05) is 66.4 Å². The smallest absolute Gasteiger partial charge is 0.322 e. The number of benzene rings is 2. The van der Waals surface area contributed by atoms with E-state index in [0.29, 0.717) is 6.54 Å². The number of urea groups is 1. The lowest BCUT2D eigenvalue weighted by Gasteiger charge is -2.37.